The number of nitrogens with zero attached hydrogens (tertiary/aromatic N) is 3. The number of rotatable bonds is 5. The van der Waals surface area contributed by atoms with Crippen LogP contribution in [0.25, 0.3) is 0 Å². The predicted octanol–water partition coefficient (Wildman–Crippen LogP) is 0.349. The molecule has 0 spiro atoms. The molecule has 0 aromatic rings. The fraction of sp³-hybridized carbons (Fsp3) is 1.00. The molecule has 1 rings (SSSR count). The second-order valence-corrected chi connectivity index (χ2v) is 3.65. The Kier molecular flexibility index (Phi) is 5.67. The number of hydrogen-bond donors (Lipinski definition) is 0. The lowest BCUT2D eigenvalue weighted by Crippen LogP contribution is -2.61. The highest BCUT2D eigenvalue weighted by molar-refractivity contribution is 6.64. The lowest BCUT2D eigenvalue weighted by molar-refractivity contribution is 0.481. The molecule has 1 heterocycles. The molecule has 3 nitrogen and oxygen atoms in total. The Balaban J connectivity index is 2.39. The van der Waals surface area contributed by atoms with Crippen molar-refractivity contribution in [2.24, 2.45) is 0 Å². The molecule has 0 unspecified atom stereocenters. The smallest absolute Gasteiger partial charge is 0.290 e. The zero-order chi connectivity index (χ0) is 10.4. The highest BCUT2D eigenvalue weighted by Gasteiger charge is 2.25. The molecule has 0 aromatic heterocycles. The Labute approximate surface area is 90.7 Å². The lowest BCUT2D eigenvalue weighted by Gasteiger charge is -2.39. The third kappa shape index (κ3) is 3.67. The van der Waals surface area contributed by atoms with Gasteiger partial charge in [0.1, 0.15) is 0 Å². The molecule has 0 aliphatic carbocycles. The quantitative estimate of drug-likeness (QED) is 0.578. The van der Waals surface area contributed by atoms with E-state index in [4.69, 9.17) is 0 Å². The van der Waals surface area contributed by atoms with E-state index in [1.165, 1.54) is 12.8 Å². The van der Waals surface area contributed by atoms with Gasteiger partial charge in [0, 0.05) is 0 Å². The minimum atomic E-state index is 1.04. The van der Waals surface area contributed by atoms with Crippen molar-refractivity contribution in [2.75, 3.05) is 19.6 Å². The largest absolute Gasteiger partial charge is 0.365 e. The van der Waals surface area contributed by atoms with Gasteiger partial charge in [0.15, 0.2) is 0 Å². The molecule has 1 aliphatic heterocycles. The molecule has 3 radical (unpaired) electrons. The van der Waals surface area contributed by atoms with Gasteiger partial charge in [-0.15, -0.1) is 0 Å². The van der Waals surface area contributed by atoms with Crippen molar-refractivity contribution in [3.8, 4) is 0 Å². The molecule has 0 amide bonds. The van der Waals surface area contributed by atoms with Crippen molar-refractivity contribution in [1.29, 1.82) is 0 Å². The Morgan fingerprint density at radius 2 is 1.14 bits per heavy atom. The average molecular weight is 190 g/mol. The van der Waals surface area contributed by atoms with E-state index in [1.54, 1.807) is 0 Å². The summed E-state index contributed by atoms with van der Waals surface area (Å²) < 4.78 is 6.75. The van der Waals surface area contributed by atoms with E-state index in [0.29, 0.717) is 0 Å². The number of hydrogen-bond acceptors (Lipinski definition) is 3. The van der Waals surface area contributed by atoms with E-state index in [0.717, 1.165) is 19.6 Å². The summed E-state index contributed by atoms with van der Waals surface area (Å²) >= 11 is 0. The molecule has 0 N–H and O–H groups in total. The van der Waals surface area contributed by atoms with E-state index < -0.39 is 0 Å². The summed E-state index contributed by atoms with van der Waals surface area (Å²) in [6.07, 6.45) is 2.37. The van der Waals surface area contributed by atoms with Gasteiger partial charge in [-0.25, -0.2) is 0 Å². The van der Waals surface area contributed by atoms with Crippen molar-refractivity contribution in [3.63, 3.8) is 0 Å². The van der Waals surface area contributed by atoms with Gasteiger partial charge in [-0.05, 0) is 32.5 Å². The maximum absolute atomic E-state index is 2.26. The van der Waals surface area contributed by atoms with Crippen LogP contribution < -0.4 is 0 Å². The zero-order valence-electron chi connectivity index (χ0n) is 9.61. The SMILES string of the molecule is CCCN1[B]N(CC)[B]N(CCC)[B]1. The van der Waals surface area contributed by atoms with Gasteiger partial charge in [0.05, 0.1) is 0 Å². The molecule has 6 heteroatoms. The van der Waals surface area contributed by atoms with E-state index in [9.17, 15) is 0 Å². The maximum atomic E-state index is 2.26. The summed E-state index contributed by atoms with van der Waals surface area (Å²) in [6.45, 7) is 9.83. The first-order valence-corrected chi connectivity index (χ1v) is 5.62. The summed E-state index contributed by atoms with van der Waals surface area (Å²) in [5.41, 5.74) is 0. The fourth-order valence-electron chi connectivity index (χ4n) is 1.57. The average Bonchev–Trinajstić information content (AvgIpc) is 2.18. The molecule has 14 heavy (non-hydrogen) atoms. The summed E-state index contributed by atoms with van der Waals surface area (Å²) in [5, 5.41) is 0. The van der Waals surface area contributed by atoms with Gasteiger partial charge in [-0.1, -0.05) is 20.8 Å². The highest BCUT2D eigenvalue weighted by Crippen LogP contribution is 2.02. The molecular weight excluding hydrogens is 171 g/mol. The summed E-state index contributed by atoms with van der Waals surface area (Å²) in [6, 6.07) is 0. The summed E-state index contributed by atoms with van der Waals surface area (Å²) in [4.78, 5) is 0. The maximum Gasteiger partial charge on any atom is 0.290 e. The Morgan fingerprint density at radius 1 is 0.714 bits per heavy atom. The van der Waals surface area contributed by atoms with Crippen molar-refractivity contribution in [2.45, 2.75) is 33.6 Å². The Hall–Kier alpha value is 0.0748. The van der Waals surface area contributed by atoms with Gasteiger partial charge < -0.3 is 14.2 Å². The second kappa shape index (κ2) is 6.54. The zero-order valence-corrected chi connectivity index (χ0v) is 9.61. The standard InChI is InChI=1S/C8H19B3N3/c1-4-7-13-9-12(6-3)10-14(11-13)8-5-2/h4-8H2,1-3H3. The van der Waals surface area contributed by atoms with Crippen LogP contribution in [0.3, 0.4) is 0 Å². The molecule has 0 atom stereocenters. The van der Waals surface area contributed by atoms with E-state index in [1.807, 2.05) is 0 Å². The van der Waals surface area contributed by atoms with E-state index in [-0.39, 0.29) is 0 Å². The molecular formula is C8H19B3N3. The van der Waals surface area contributed by atoms with Crippen LogP contribution in [0.15, 0.2) is 0 Å². The lowest BCUT2D eigenvalue weighted by atomic mass is 9.73. The molecule has 0 aromatic carbocycles. The van der Waals surface area contributed by atoms with Gasteiger partial charge in [-0.2, -0.15) is 0 Å². The molecule has 75 valence electrons. The minimum absolute atomic E-state index is 1.04. The van der Waals surface area contributed by atoms with E-state index in [2.05, 4.69) is 57.6 Å². The van der Waals surface area contributed by atoms with Gasteiger partial charge in [0.2, 0.25) is 0 Å². The fourth-order valence-corrected chi connectivity index (χ4v) is 1.57. The molecule has 0 saturated carbocycles. The van der Waals surface area contributed by atoms with Crippen LogP contribution in [0.1, 0.15) is 33.6 Å². The monoisotopic (exact) mass is 190 g/mol. The van der Waals surface area contributed by atoms with Crippen LogP contribution in [-0.2, 0) is 0 Å². The highest BCUT2D eigenvalue weighted by atomic mass is 15.3. The first-order valence-electron chi connectivity index (χ1n) is 5.62. The third-order valence-electron chi connectivity index (χ3n) is 2.22. The van der Waals surface area contributed by atoms with Crippen molar-refractivity contribution < 1.29 is 0 Å². The van der Waals surface area contributed by atoms with Crippen molar-refractivity contribution in [3.05, 3.63) is 0 Å². The Morgan fingerprint density at radius 3 is 1.50 bits per heavy atom. The molecule has 1 saturated heterocycles. The van der Waals surface area contributed by atoms with Crippen LogP contribution in [-0.4, -0.2) is 56.4 Å². The summed E-state index contributed by atoms with van der Waals surface area (Å²) in [5.74, 6) is 0. The van der Waals surface area contributed by atoms with Gasteiger partial charge in [0.25, 0.3) is 22.6 Å². The first-order chi connectivity index (χ1) is 6.80. The molecule has 1 aliphatic rings. The topological polar surface area (TPSA) is 9.72 Å². The van der Waals surface area contributed by atoms with Crippen LogP contribution in [0.2, 0.25) is 0 Å². The first kappa shape index (κ1) is 12.1. The van der Waals surface area contributed by atoms with Crippen molar-refractivity contribution >= 4 is 22.6 Å². The van der Waals surface area contributed by atoms with Gasteiger partial charge >= 0.3 is 0 Å². The third-order valence-corrected chi connectivity index (χ3v) is 2.22. The molecule has 0 bridgehead atoms. The van der Waals surface area contributed by atoms with Crippen LogP contribution in [0.4, 0.5) is 0 Å². The molecule has 1 fully saturated rings. The van der Waals surface area contributed by atoms with E-state index >= 15 is 0 Å². The Bertz CT molecular complexity index is 145. The van der Waals surface area contributed by atoms with Crippen LogP contribution >= 0.6 is 0 Å². The summed E-state index contributed by atoms with van der Waals surface area (Å²) in [7, 11) is 6.55. The van der Waals surface area contributed by atoms with Gasteiger partial charge in [-0.3, -0.25) is 0 Å². The predicted molar refractivity (Wildman–Crippen MR) is 63.6 cm³/mol. The van der Waals surface area contributed by atoms with Crippen LogP contribution in [0.5, 0.6) is 0 Å². The normalized spacial score (nSPS) is 19.9. The van der Waals surface area contributed by atoms with Crippen molar-refractivity contribution in [1.82, 2.24) is 14.2 Å². The minimum Gasteiger partial charge on any atom is -0.365 e. The second-order valence-electron chi connectivity index (χ2n) is 3.65. The van der Waals surface area contributed by atoms with Crippen LogP contribution in [0, 0.1) is 0 Å².